The number of hydrogen-bond acceptors (Lipinski definition) is 3. The third-order valence-electron chi connectivity index (χ3n) is 4.71. The van der Waals surface area contributed by atoms with Gasteiger partial charge in [-0.2, -0.15) is 0 Å². The van der Waals surface area contributed by atoms with E-state index in [2.05, 4.69) is 0 Å². The highest BCUT2D eigenvalue weighted by Crippen LogP contribution is 2.37. The van der Waals surface area contributed by atoms with E-state index >= 15 is 0 Å². The minimum absolute atomic E-state index is 0.114. The van der Waals surface area contributed by atoms with Crippen LogP contribution in [0.15, 0.2) is 59.5 Å². The molecule has 1 aromatic heterocycles. The smallest absolute Gasteiger partial charge is 0.270 e. The van der Waals surface area contributed by atoms with Gasteiger partial charge in [-0.05, 0) is 61.9 Å². The van der Waals surface area contributed by atoms with Crippen molar-refractivity contribution in [2.75, 3.05) is 4.90 Å². The van der Waals surface area contributed by atoms with Crippen LogP contribution < -0.4 is 4.90 Å². The van der Waals surface area contributed by atoms with Gasteiger partial charge in [-0.3, -0.25) is 9.69 Å². The quantitative estimate of drug-likeness (QED) is 0.318. The number of carbonyl (C=O) groups excluding carboxylic acids is 1. The van der Waals surface area contributed by atoms with E-state index in [1.54, 1.807) is 17.0 Å². The Bertz CT molecular complexity index is 1170. The second-order valence-corrected chi connectivity index (χ2v) is 9.13. The van der Waals surface area contributed by atoms with E-state index in [0.717, 1.165) is 28.3 Å². The maximum absolute atomic E-state index is 13.0. The lowest BCUT2D eigenvalue weighted by atomic mass is 10.2. The molecule has 1 amide bonds. The summed E-state index contributed by atoms with van der Waals surface area (Å²) in [5.41, 5.74) is 4.49. The predicted molar refractivity (Wildman–Crippen MR) is 127 cm³/mol. The number of aryl methyl sites for hydroxylation is 1. The van der Waals surface area contributed by atoms with Crippen LogP contribution in [-0.2, 0) is 4.79 Å². The molecule has 3 aromatic rings. The Morgan fingerprint density at radius 1 is 1.03 bits per heavy atom. The van der Waals surface area contributed by atoms with Gasteiger partial charge in [0, 0.05) is 16.4 Å². The number of thioether (sulfide) groups is 1. The molecule has 0 atom stereocenters. The molecule has 1 aliphatic rings. The summed E-state index contributed by atoms with van der Waals surface area (Å²) in [6.07, 6.45) is 1.89. The molecule has 1 fully saturated rings. The summed E-state index contributed by atoms with van der Waals surface area (Å²) in [5.74, 6) is -0.114. The topological polar surface area (TPSA) is 25.2 Å². The first-order chi connectivity index (χ1) is 13.9. The lowest BCUT2D eigenvalue weighted by molar-refractivity contribution is -0.113. The molecule has 0 spiro atoms. The average Bonchev–Trinajstić information content (AvgIpc) is 3.13. The van der Waals surface area contributed by atoms with Crippen LogP contribution in [0.3, 0.4) is 0 Å². The van der Waals surface area contributed by atoms with Gasteiger partial charge in [0.05, 0.1) is 21.3 Å². The van der Waals surface area contributed by atoms with E-state index in [4.69, 9.17) is 35.4 Å². The minimum Gasteiger partial charge on any atom is -0.316 e. The van der Waals surface area contributed by atoms with Gasteiger partial charge >= 0.3 is 0 Å². The highest BCUT2D eigenvalue weighted by atomic mass is 35.5. The maximum atomic E-state index is 13.0. The Hall–Kier alpha value is -2.05. The van der Waals surface area contributed by atoms with Gasteiger partial charge in [-0.15, -0.1) is 0 Å². The number of amides is 1. The van der Waals surface area contributed by atoms with Crippen molar-refractivity contribution in [1.29, 1.82) is 0 Å². The Morgan fingerprint density at radius 3 is 2.48 bits per heavy atom. The molecule has 0 unspecified atom stereocenters. The highest BCUT2D eigenvalue weighted by Gasteiger charge is 2.33. The highest BCUT2D eigenvalue weighted by molar-refractivity contribution is 8.27. The number of benzene rings is 2. The van der Waals surface area contributed by atoms with Crippen LogP contribution in [0.5, 0.6) is 0 Å². The summed E-state index contributed by atoms with van der Waals surface area (Å²) < 4.78 is 2.57. The second-order valence-electron chi connectivity index (χ2n) is 6.61. The Balaban J connectivity index is 1.74. The fourth-order valence-electron chi connectivity index (χ4n) is 3.37. The van der Waals surface area contributed by atoms with Crippen LogP contribution >= 0.6 is 47.2 Å². The number of aromatic nitrogens is 1. The summed E-state index contributed by atoms with van der Waals surface area (Å²) in [6, 6.07) is 16.8. The summed E-state index contributed by atoms with van der Waals surface area (Å²) in [6.45, 7) is 3.99. The standard InChI is InChI=1S/C22H16Cl2N2OS2/c1-13-10-15(14(2)25(13)19-12-16(23)8-9-18(19)24)11-20-21(27)26(22(28)29-20)17-6-4-3-5-7-17/h3-12H,1-2H3/b20-11+. The van der Waals surface area contributed by atoms with Gasteiger partial charge in [0.25, 0.3) is 5.91 Å². The number of rotatable bonds is 3. The summed E-state index contributed by atoms with van der Waals surface area (Å²) in [5, 5.41) is 1.22. The number of thiocarbonyl (C=S) groups is 1. The number of carbonyl (C=O) groups is 1. The number of anilines is 1. The van der Waals surface area contributed by atoms with Crippen LogP contribution in [-0.4, -0.2) is 14.8 Å². The van der Waals surface area contributed by atoms with Crippen LogP contribution in [0.2, 0.25) is 10.0 Å². The summed E-state index contributed by atoms with van der Waals surface area (Å²) >= 11 is 19.3. The van der Waals surface area contributed by atoms with E-state index in [0.29, 0.717) is 19.3 Å². The van der Waals surface area contributed by atoms with Crippen molar-refractivity contribution in [3.05, 3.63) is 86.5 Å². The zero-order valence-electron chi connectivity index (χ0n) is 15.6. The van der Waals surface area contributed by atoms with Crippen molar-refractivity contribution in [2.45, 2.75) is 13.8 Å². The molecule has 2 aromatic carbocycles. The molecule has 146 valence electrons. The molecule has 0 radical (unpaired) electrons. The first-order valence-electron chi connectivity index (χ1n) is 8.84. The lowest BCUT2D eigenvalue weighted by Crippen LogP contribution is -2.27. The first-order valence-corrected chi connectivity index (χ1v) is 10.8. The van der Waals surface area contributed by atoms with E-state index < -0.39 is 0 Å². The number of hydrogen-bond donors (Lipinski definition) is 0. The molecule has 3 nitrogen and oxygen atoms in total. The summed E-state index contributed by atoms with van der Waals surface area (Å²) in [7, 11) is 0. The molecule has 0 aliphatic carbocycles. The van der Waals surface area contributed by atoms with E-state index in [-0.39, 0.29) is 5.91 Å². The van der Waals surface area contributed by atoms with Gasteiger partial charge in [-0.1, -0.05) is 65.4 Å². The number of para-hydroxylation sites is 1. The minimum atomic E-state index is -0.114. The maximum Gasteiger partial charge on any atom is 0.270 e. The van der Waals surface area contributed by atoms with Gasteiger partial charge in [0.15, 0.2) is 4.32 Å². The third-order valence-corrected chi connectivity index (χ3v) is 6.57. The van der Waals surface area contributed by atoms with Crippen molar-refractivity contribution in [2.24, 2.45) is 0 Å². The van der Waals surface area contributed by atoms with Gasteiger partial charge in [-0.25, -0.2) is 0 Å². The largest absolute Gasteiger partial charge is 0.316 e. The molecule has 1 aliphatic heterocycles. The number of halogens is 2. The Kier molecular flexibility index (Phi) is 5.58. The van der Waals surface area contributed by atoms with Crippen LogP contribution in [0.1, 0.15) is 17.0 Å². The summed E-state index contributed by atoms with van der Waals surface area (Å²) in [4.78, 5) is 15.2. The molecular formula is C22H16Cl2N2OS2. The van der Waals surface area contributed by atoms with Crippen molar-refractivity contribution >= 4 is 69.2 Å². The normalized spacial score (nSPS) is 15.6. The lowest BCUT2D eigenvalue weighted by Gasteiger charge is -2.13. The molecule has 2 heterocycles. The third kappa shape index (κ3) is 3.76. The SMILES string of the molecule is Cc1cc(/C=C2/SC(=S)N(c3ccccc3)C2=O)c(C)n1-c1cc(Cl)ccc1Cl. The van der Waals surface area contributed by atoms with Crippen LogP contribution in [0, 0.1) is 13.8 Å². The van der Waals surface area contributed by atoms with E-state index in [1.165, 1.54) is 11.8 Å². The fraction of sp³-hybridized carbons (Fsp3) is 0.0909. The molecule has 0 N–H and O–H groups in total. The number of nitrogens with zero attached hydrogens (tertiary/aromatic N) is 2. The zero-order chi connectivity index (χ0) is 20.7. The van der Waals surface area contributed by atoms with Gasteiger partial charge < -0.3 is 4.57 Å². The van der Waals surface area contributed by atoms with E-state index in [9.17, 15) is 4.79 Å². The molecule has 7 heteroatoms. The molecule has 29 heavy (non-hydrogen) atoms. The van der Waals surface area contributed by atoms with Crippen molar-refractivity contribution in [3.8, 4) is 5.69 Å². The molecule has 1 saturated heterocycles. The van der Waals surface area contributed by atoms with Crippen molar-refractivity contribution in [3.63, 3.8) is 0 Å². The van der Waals surface area contributed by atoms with Crippen molar-refractivity contribution in [1.82, 2.24) is 4.57 Å². The Morgan fingerprint density at radius 2 is 1.76 bits per heavy atom. The molecule has 4 rings (SSSR count). The molecule has 0 bridgehead atoms. The van der Waals surface area contributed by atoms with Crippen LogP contribution in [0.4, 0.5) is 5.69 Å². The fourth-order valence-corrected chi connectivity index (χ4v) is 5.03. The second kappa shape index (κ2) is 8.00. The monoisotopic (exact) mass is 458 g/mol. The average molecular weight is 459 g/mol. The molecular weight excluding hydrogens is 443 g/mol. The first kappa shape index (κ1) is 20.2. The zero-order valence-corrected chi connectivity index (χ0v) is 18.8. The van der Waals surface area contributed by atoms with Gasteiger partial charge in [0.1, 0.15) is 0 Å². The van der Waals surface area contributed by atoms with E-state index in [1.807, 2.05) is 67.0 Å². The van der Waals surface area contributed by atoms with Crippen LogP contribution in [0.25, 0.3) is 11.8 Å². The van der Waals surface area contributed by atoms with Gasteiger partial charge in [0.2, 0.25) is 0 Å². The van der Waals surface area contributed by atoms with Crippen molar-refractivity contribution < 1.29 is 4.79 Å². The predicted octanol–water partition coefficient (Wildman–Crippen LogP) is 6.81. The molecule has 0 saturated carbocycles. The Labute approximate surface area is 188 Å².